The predicted molar refractivity (Wildman–Crippen MR) is 110 cm³/mol. The van der Waals surface area contributed by atoms with Gasteiger partial charge in [-0.05, 0) is 70.2 Å². The molecule has 4 aromatic rings. The molecular formula is C19H13BrClN3OS. The van der Waals surface area contributed by atoms with Gasteiger partial charge in [0.05, 0.1) is 4.88 Å². The van der Waals surface area contributed by atoms with Gasteiger partial charge in [-0.3, -0.25) is 9.20 Å². The molecule has 1 amide bonds. The Kier molecular flexibility index (Phi) is 4.56. The fourth-order valence-corrected chi connectivity index (χ4v) is 4.14. The van der Waals surface area contributed by atoms with Crippen molar-refractivity contribution in [3.8, 4) is 10.6 Å². The molecule has 0 atom stereocenters. The van der Waals surface area contributed by atoms with Gasteiger partial charge in [0.2, 0.25) is 0 Å². The smallest absolute Gasteiger partial charge is 0.256 e. The molecule has 0 radical (unpaired) electrons. The zero-order valence-corrected chi connectivity index (χ0v) is 16.8. The minimum atomic E-state index is -0.209. The molecule has 0 bridgehead atoms. The fourth-order valence-electron chi connectivity index (χ4n) is 2.75. The molecule has 0 fully saturated rings. The molecule has 0 aliphatic carbocycles. The summed E-state index contributed by atoms with van der Waals surface area (Å²) < 4.78 is 2.82. The molecule has 1 N–H and O–H groups in total. The van der Waals surface area contributed by atoms with Gasteiger partial charge < -0.3 is 5.32 Å². The lowest BCUT2D eigenvalue weighted by molar-refractivity contribution is 0.102. The van der Waals surface area contributed by atoms with E-state index in [2.05, 4.69) is 21.2 Å². The topological polar surface area (TPSA) is 46.4 Å². The number of anilines is 1. The Hall–Kier alpha value is -2.15. The van der Waals surface area contributed by atoms with Crippen molar-refractivity contribution in [3.05, 3.63) is 74.7 Å². The summed E-state index contributed by atoms with van der Waals surface area (Å²) in [6, 6.07) is 12.8. The van der Waals surface area contributed by atoms with E-state index in [-0.39, 0.29) is 5.91 Å². The summed E-state index contributed by atoms with van der Waals surface area (Å²) in [4.78, 5) is 18.5. The Morgan fingerprint density at radius 1 is 1.27 bits per heavy atom. The van der Waals surface area contributed by atoms with E-state index in [1.807, 2.05) is 41.1 Å². The van der Waals surface area contributed by atoms with Crippen LogP contribution in [0.1, 0.15) is 15.9 Å². The maximum atomic E-state index is 12.8. The Morgan fingerprint density at radius 3 is 2.73 bits per heavy atom. The van der Waals surface area contributed by atoms with Crippen molar-refractivity contribution in [1.82, 2.24) is 9.38 Å². The van der Waals surface area contributed by atoms with Crippen LogP contribution in [0.15, 0.2) is 58.5 Å². The highest BCUT2D eigenvalue weighted by Gasteiger charge is 2.19. The lowest BCUT2D eigenvalue weighted by Crippen LogP contribution is -2.14. The molecule has 4 nitrogen and oxygen atoms in total. The first-order valence-corrected chi connectivity index (χ1v) is 9.87. The molecule has 0 spiro atoms. The summed E-state index contributed by atoms with van der Waals surface area (Å²) in [5, 5.41) is 5.60. The van der Waals surface area contributed by atoms with Gasteiger partial charge in [-0.25, -0.2) is 4.98 Å². The van der Waals surface area contributed by atoms with Crippen LogP contribution in [-0.2, 0) is 0 Å². The molecule has 0 saturated carbocycles. The van der Waals surface area contributed by atoms with Crippen LogP contribution in [0.3, 0.4) is 0 Å². The summed E-state index contributed by atoms with van der Waals surface area (Å²) >= 11 is 11.0. The summed E-state index contributed by atoms with van der Waals surface area (Å²) in [7, 11) is 0. The average Bonchev–Trinajstić information content (AvgIpc) is 3.24. The normalized spacial score (nSPS) is 11.0. The molecule has 4 rings (SSSR count). The first kappa shape index (κ1) is 17.3. The summed E-state index contributed by atoms with van der Waals surface area (Å²) in [5.74, 6) is 0.436. The lowest BCUT2D eigenvalue weighted by atomic mass is 10.2. The number of aryl methyl sites for hydroxylation is 1. The predicted octanol–water partition coefficient (Wildman–Crippen LogP) is 6.04. The number of rotatable bonds is 3. The molecule has 1 aromatic carbocycles. The third kappa shape index (κ3) is 3.16. The standard InChI is InChI=1S/C19H13BrClN3OS/c1-11-9-13(20)10-24-17(11)22-16(15-3-2-8-26-15)18(24)23-19(25)12-4-6-14(21)7-5-12/h2-10H,1H3,(H,23,25). The number of benzene rings is 1. The van der Waals surface area contributed by atoms with Crippen molar-refractivity contribution in [3.63, 3.8) is 0 Å². The van der Waals surface area contributed by atoms with Crippen LogP contribution in [0.25, 0.3) is 16.2 Å². The number of hydrogen-bond acceptors (Lipinski definition) is 3. The van der Waals surface area contributed by atoms with Gasteiger partial charge in [0.15, 0.2) is 0 Å². The van der Waals surface area contributed by atoms with Crippen LogP contribution in [-0.4, -0.2) is 15.3 Å². The maximum absolute atomic E-state index is 12.8. The third-order valence-electron chi connectivity index (χ3n) is 3.96. The van der Waals surface area contributed by atoms with Gasteiger partial charge in [0.25, 0.3) is 5.91 Å². The van der Waals surface area contributed by atoms with E-state index in [0.29, 0.717) is 16.4 Å². The molecule has 0 unspecified atom stereocenters. The zero-order valence-electron chi connectivity index (χ0n) is 13.7. The molecule has 3 aromatic heterocycles. The van der Waals surface area contributed by atoms with Gasteiger partial charge in [0, 0.05) is 21.3 Å². The average molecular weight is 447 g/mol. The first-order valence-electron chi connectivity index (χ1n) is 7.82. The second kappa shape index (κ2) is 6.87. The number of halogens is 2. The number of hydrogen-bond donors (Lipinski definition) is 1. The van der Waals surface area contributed by atoms with Gasteiger partial charge in [-0.2, -0.15) is 0 Å². The number of carbonyl (C=O) groups is 1. The third-order valence-corrected chi connectivity index (χ3v) is 5.53. The van der Waals surface area contributed by atoms with Crippen LogP contribution in [0, 0.1) is 6.92 Å². The maximum Gasteiger partial charge on any atom is 0.256 e. The Morgan fingerprint density at radius 2 is 2.04 bits per heavy atom. The lowest BCUT2D eigenvalue weighted by Gasteiger charge is -2.08. The molecule has 26 heavy (non-hydrogen) atoms. The molecule has 0 aliphatic rings. The largest absolute Gasteiger partial charge is 0.306 e. The zero-order chi connectivity index (χ0) is 18.3. The second-order valence-electron chi connectivity index (χ2n) is 5.78. The second-order valence-corrected chi connectivity index (χ2v) is 8.08. The van der Waals surface area contributed by atoms with Crippen LogP contribution in [0.2, 0.25) is 5.02 Å². The number of pyridine rings is 1. The molecule has 3 heterocycles. The Bertz CT molecular complexity index is 1100. The number of carbonyl (C=O) groups excluding carboxylic acids is 1. The van der Waals surface area contributed by atoms with Crippen LogP contribution in [0.5, 0.6) is 0 Å². The van der Waals surface area contributed by atoms with Crippen LogP contribution >= 0.6 is 38.9 Å². The van der Waals surface area contributed by atoms with E-state index in [0.717, 1.165) is 26.3 Å². The SMILES string of the molecule is Cc1cc(Br)cn2c(NC(=O)c3ccc(Cl)cc3)c(-c3cccs3)nc12. The summed E-state index contributed by atoms with van der Waals surface area (Å²) in [6.07, 6.45) is 1.91. The van der Waals surface area contributed by atoms with E-state index in [4.69, 9.17) is 16.6 Å². The first-order chi connectivity index (χ1) is 12.5. The Labute approximate surface area is 167 Å². The molecular weight excluding hydrogens is 434 g/mol. The molecule has 130 valence electrons. The Balaban J connectivity index is 1.85. The highest BCUT2D eigenvalue weighted by molar-refractivity contribution is 9.10. The number of fused-ring (bicyclic) bond motifs is 1. The molecule has 0 aliphatic heterocycles. The summed E-state index contributed by atoms with van der Waals surface area (Å²) in [5.41, 5.74) is 3.11. The highest BCUT2D eigenvalue weighted by atomic mass is 79.9. The molecule has 7 heteroatoms. The number of thiophene rings is 1. The minimum Gasteiger partial charge on any atom is -0.306 e. The number of aromatic nitrogens is 2. The number of amides is 1. The minimum absolute atomic E-state index is 0.209. The van der Waals surface area contributed by atoms with Gasteiger partial charge in [0.1, 0.15) is 17.2 Å². The van der Waals surface area contributed by atoms with Gasteiger partial charge in [-0.15, -0.1) is 11.3 Å². The van der Waals surface area contributed by atoms with E-state index < -0.39 is 0 Å². The van der Waals surface area contributed by atoms with E-state index in [1.54, 1.807) is 35.6 Å². The van der Waals surface area contributed by atoms with E-state index in [9.17, 15) is 4.79 Å². The highest BCUT2D eigenvalue weighted by Crippen LogP contribution is 2.34. The molecule has 0 saturated heterocycles. The van der Waals surface area contributed by atoms with E-state index in [1.165, 1.54) is 0 Å². The summed E-state index contributed by atoms with van der Waals surface area (Å²) in [6.45, 7) is 2.00. The van der Waals surface area contributed by atoms with Crippen LogP contribution < -0.4 is 5.32 Å². The van der Waals surface area contributed by atoms with Crippen molar-refractivity contribution >= 4 is 56.2 Å². The van der Waals surface area contributed by atoms with Crippen molar-refractivity contribution in [2.45, 2.75) is 6.92 Å². The van der Waals surface area contributed by atoms with Crippen molar-refractivity contribution < 1.29 is 4.79 Å². The quantitative estimate of drug-likeness (QED) is 0.417. The number of nitrogens with zero attached hydrogens (tertiary/aromatic N) is 2. The monoisotopic (exact) mass is 445 g/mol. The number of nitrogens with one attached hydrogen (secondary N) is 1. The van der Waals surface area contributed by atoms with Gasteiger partial charge >= 0.3 is 0 Å². The van der Waals surface area contributed by atoms with Crippen molar-refractivity contribution in [2.75, 3.05) is 5.32 Å². The van der Waals surface area contributed by atoms with E-state index >= 15 is 0 Å². The van der Waals surface area contributed by atoms with Crippen molar-refractivity contribution in [1.29, 1.82) is 0 Å². The van der Waals surface area contributed by atoms with Crippen molar-refractivity contribution in [2.24, 2.45) is 0 Å². The van der Waals surface area contributed by atoms with Crippen LogP contribution in [0.4, 0.5) is 5.82 Å². The van der Waals surface area contributed by atoms with Gasteiger partial charge in [-0.1, -0.05) is 17.7 Å². The fraction of sp³-hybridized carbons (Fsp3) is 0.0526. The number of imidazole rings is 1.